The summed E-state index contributed by atoms with van der Waals surface area (Å²) >= 11 is 5.93. The highest BCUT2D eigenvalue weighted by atomic mass is 35.5. The second-order valence-electron chi connectivity index (χ2n) is 8.03. The number of amides is 1. The van der Waals surface area contributed by atoms with Crippen LogP contribution in [0.5, 0.6) is 11.5 Å². The largest absolute Gasteiger partial charge is 0.507 e. The number of carbonyl (C=O) groups is 1. The molecule has 36 heavy (non-hydrogen) atoms. The maximum atomic E-state index is 12.6. The van der Waals surface area contributed by atoms with E-state index in [1.54, 1.807) is 12.1 Å². The molecule has 1 heterocycles. The first-order chi connectivity index (χ1) is 17.6. The SMILES string of the molecule is O=C(N/N=C/c1c(O)ccc2ccccc12)c1cc(-c2cccc(OCc3ccc(Cl)cc3)c2)n[nH]1. The quantitative estimate of drug-likeness (QED) is 0.192. The molecule has 0 radical (unpaired) electrons. The zero-order valence-electron chi connectivity index (χ0n) is 19.0. The zero-order valence-corrected chi connectivity index (χ0v) is 19.7. The van der Waals surface area contributed by atoms with Crippen LogP contribution >= 0.6 is 11.6 Å². The minimum atomic E-state index is -0.458. The summed E-state index contributed by atoms with van der Waals surface area (Å²) in [6, 6.07) is 27.6. The van der Waals surface area contributed by atoms with Crippen LogP contribution in [-0.4, -0.2) is 27.4 Å². The molecule has 1 amide bonds. The Labute approximate surface area is 212 Å². The Bertz CT molecular complexity index is 1560. The highest BCUT2D eigenvalue weighted by Crippen LogP contribution is 2.26. The summed E-state index contributed by atoms with van der Waals surface area (Å²) < 4.78 is 5.88. The van der Waals surface area contributed by atoms with Gasteiger partial charge in [-0.25, -0.2) is 5.43 Å². The number of hydrazone groups is 1. The number of aromatic amines is 1. The molecule has 0 atom stereocenters. The van der Waals surface area contributed by atoms with Crippen LogP contribution in [0.25, 0.3) is 22.0 Å². The fourth-order valence-corrected chi connectivity index (χ4v) is 3.84. The molecule has 0 saturated carbocycles. The third-order valence-electron chi connectivity index (χ3n) is 5.58. The number of phenols is 1. The molecule has 178 valence electrons. The average Bonchev–Trinajstić information content (AvgIpc) is 3.40. The molecule has 1 aromatic heterocycles. The van der Waals surface area contributed by atoms with Gasteiger partial charge in [-0.15, -0.1) is 0 Å². The number of carbonyl (C=O) groups excluding carboxylic acids is 1. The monoisotopic (exact) mass is 496 g/mol. The number of aromatic hydroxyl groups is 1. The van der Waals surface area contributed by atoms with Gasteiger partial charge in [0.2, 0.25) is 0 Å². The number of fused-ring (bicyclic) bond motifs is 1. The lowest BCUT2D eigenvalue weighted by Crippen LogP contribution is -2.18. The highest BCUT2D eigenvalue weighted by molar-refractivity contribution is 6.30. The minimum absolute atomic E-state index is 0.0775. The second-order valence-corrected chi connectivity index (χ2v) is 8.46. The molecule has 0 aliphatic carbocycles. The Balaban J connectivity index is 1.25. The van der Waals surface area contributed by atoms with Crippen LogP contribution in [0.2, 0.25) is 5.02 Å². The van der Waals surface area contributed by atoms with Gasteiger partial charge < -0.3 is 9.84 Å². The predicted molar refractivity (Wildman–Crippen MR) is 140 cm³/mol. The van der Waals surface area contributed by atoms with Crippen LogP contribution < -0.4 is 10.2 Å². The maximum Gasteiger partial charge on any atom is 0.289 e. The van der Waals surface area contributed by atoms with Gasteiger partial charge in [-0.1, -0.05) is 66.2 Å². The summed E-state index contributed by atoms with van der Waals surface area (Å²) in [7, 11) is 0. The summed E-state index contributed by atoms with van der Waals surface area (Å²) in [5.74, 6) is 0.296. The summed E-state index contributed by atoms with van der Waals surface area (Å²) in [4.78, 5) is 12.6. The number of halogens is 1. The van der Waals surface area contributed by atoms with Crippen molar-refractivity contribution in [2.24, 2.45) is 5.10 Å². The van der Waals surface area contributed by atoms with Crippen molar-refractivity contribution in [2.75, 3.05) is 0 Å². The molecule has 4 aromatic carbocycles. The van der Waals surface area contributed by atoms with E-state index in [1.807, 2.05) is 78.9 Å². The van der Waals surface area contributed by atoms with Crippen LogP contribution in [0.3, 0.4) is 0 Å². The van der Waals surface area contributed by atoms with Crippen molar-refractivity contribution in [1.29, 1.82) is 0 Å². The molecule has 0 aliphatic heterocycles. The normalized spacial score (nSPS) is 11.1. The topological polar surface area (TPSA) is 99.6 Å². The number of phenolic OH excluding ortho intramolecular Hbond substituents is 1. The fourth-order valence-electron chi connectivity index (χ4n) is 3.71. The number of rotatable bonds is 7. The van der Waals surface area contributed by atoms with Gasteiger partial charge in [0.15, 0.2) is 0 Å². The first kappa shape index (κ1) is 23.1. The average molecular weight is 497 g/mol. The van der Waals surface area contributed by atoms with Crippen molar-refractivity contribution in [3.8, 4) is 22.8 Å². The van der Waals surface area contributed by atoms with Gasteiger partial charge >= 0.3 is 0 Å². The van der Waals surface area contributed by atoms with Gasteiger partial charge in [-0.3, -0.25) is 9.89 Å². The van der Waals surface area contributed by atoms with Crippen molar-refractivity contribution >= 4 is 34.5 Å². The predicted octanol–water partition coefficient (Wildman–Crippen LogP) is 5.93. The Kier molecular flexibility index (Phi) is 6.64. The molecular formula is C28H21ClN4O3. The van der Waals surface area contributed by atoms with E-state index < -0.39 is 5.91 Å². The van der Waals surface area contributed by atoms with E-state index in [0.29, 0.717) is 28.6 Å². The number of nitrogens with one attached hydrogen (secondary N) is 2. The minimum Gasteiger partial charge on any atom is -0.507 e. The molecule has 0 spiro atoms. The van der Waals surface area contributed by atoms with E-state index in [1.165, 1.54) is 6.21 Å². The van der Waals surface area contributed by atoms with Crippen molar-refractivity contribution in [2.45, 2.75) is 6.61 Å². The van der Waals surface area contributed by atoms with Crippen molar-refractivity contribution in [3.05, 3.63) is 113 Å². The number of ether oxygens (including phenoxy) is 1. The number of aromatic nitrogens is 2. The molecule has 5 rings (SSSR count). The Morgan fingerprint density at radius 1 is 1.03 bits per heavy atom. The summed E-state index contributed by atoms with van der Waals surface area (Å²) in [5.41, 5.74) is 5.63. The first-order valence-electron chi connectivity index (χ1n) is 11.1. The Morgan fingerprint density at radius 3 is 2.72 bits per heavy atom. The number of H-pyrrole nitrogens is 1. The van der Waals surface area contributed by atoms with Gasteiger partial charge in [0.05, 0.1) is 11.9 Å². The third-order valence-corrected chi connectivity index (χ3v) is 5.83. The Hall–Kier alpha value is -4.62. The van der Waals surface area contributed by atoms with Crippen molar-refractivity contribution < 1.29 is 14.6 Å². The van der Waals surface area contributed by atoms with E-state index in [4.69, 9.17) is 16.3 Å². The van der Waals surface area contributed by atoms with Gasteiger partial charge in [-0.05, 0) is 52.7 Å². The van der Waals surface area contributed by atoms with E-state index in [9.17, 15) is 9.90 Å². The van der Waals surface area contributed by atoms with Gasteiger partial charge in [-0.2, -0.15) is 10.2 Å². The van der Waals surface area contributed by atoms with Crippen LogP contribution in [0.15, 0.2) is 96.1 Å². The number of benzene rings is 4. The zero-order chi connectivity index (χ0) is 24.9. The lowest BCUT2D eigenvalue weighted by atomic mass is 10.0. The van der Waals surface area contributed by atoms with E-state index in [0.717, 1.165) is 21.9 Å². The third kappa shape index (κ3) is 5.21. The van der Waals surface area contributed by atoms with Crippen LogP contribution in [-0.2, 0) is 6.61 Å². The van der Waals surface area contributed by atoms with Gasteiger partial charge in [0.25, 0.3) is 5.91 Å². The van der Waals surface area contributed by atoms with E-state index in [-0.39, 0.29) is 11.4 Å². The molecular weight excluding hydrogens is 476 g/mol. The summed E-state index contributed by atoms with van der Waals surface area (Å²) in [6.45, 7) is 0.402. The number of nitrogens with zero attached hydrogens (tertiary/aromatic N) is 2. The molecule has 7 nitrogen and oxygen atoms in total. The fraction of sp³-hybridized carbons (Fsp3) is 0.0357. The standard InChI is InChI=1S/C28H21ClN4O3/c29-21-11-8-18(9-12-21)17-36-22-6-3-5-20(14-22)25-15-26(32-31-25)28(35)33-30-16-24-23-7-2-1-4-19(23)10-13-27(24)34/h1-16,34H,17H2,(H,31,32)(H,33,35)/b30-16+. The van der Waals surface area contributed by atoms with E-state index >= 15 is 0 Å². The lowest BCUT2D eigenvalue weighted by Gasteiger charge is -2.07. The lowest BCUT2D eigenvalue weighted by molar-refractivity contribution is 0.0950. The summed E-state index contributed by atoms with van der Waals surface area (Å²) in [6.07, 6.45) is 1.42. The van der Waals surface area contributed by atoms with E-state index in [2.05, 4.69) is 20.7 Å². The molecule has 8 heteroatoms. The number of hydrogen-bond acceptors (Lipinski definition) is 5. The second kappa shape index (κ2) is 10.3. The van der Waals surface area contributed by atoms with Gasteiger partial charge in [0, 0.05) is 16.1 Å². The first-order valence-corrected chi connectivity index (χ1v) is 11.5. The maximum absolute atomic E-state index is 12.6. The van der Waals surface area contributed by atoms with Gasteiger partial charge in [0.1, 0.15) is 23.8 Å². The van der Waals surface area contributed by atoms with Crippen molar-refractivity contribution in [3.63, 3.8) is 0 Å². The molecule has 0 aliphatic rings. The molecule has 0 saturated heterocycles. The highest BCUT2D eigenvalue weighted by Gasteiger charge is 2.12. The molecule has 3 N–H and O–H groups in total. The molecule has 0 fully saturated rings. The van der Waals surface area contributed by atoms with Crippen LogP contribution in [0.1, 0.15) is 21.6 Å². The smallest absolute Gasteiger partial charge is 0.289 e. The molecule has 0 bridgehead atoms. The van der Waals surface area contributed by atoms with Crippen molar-refractivity contribution in [1.82, 2.24) is 15.6 Å². The van der Waals surface area contributed by atoms with Crippen LogP contribution in [0.4, 0.5) is 0 Å². The van der Waals surface area contributed by atoms with Crippen LogP contribution in [0, 0.1) is 0 Å². The summed E-state index contributed by atoms with van der Waals surface area (Å²) in [5, 5.41) is 23.7. The molecule has 0 unspecified atom stereocenters. The Morgan fingerprint density at radius 2 is 1.86 bits per heavy atom. The molecule has 5 aromatic rings. The number of hydrogen-bond donors (Lipinski definition) is 3.